The second kappa shape index (κ2) is 5.95. The zero-order valence-corrected chi connectivity index (χ0v) is 13.7. The Labute approximate surface area is 132 Å². The van der Waals surface area contributed by atoms with Gasteiger partial charge in [-0.15, -0.1) is 0 Å². The van der Waals surface area contributed by atoms with Crippen LogP contribution in [0.15, 0.2) is 47.2 Å². The van der Waals surface area contributed by atoms with Crippen molar-refractivity contribution in [2.75, 3.05) is 20.6 Å². The van der Waals surface area contributed by atoms with Gasteiger partial charge in [-0.05, 0) is 32.3 Å². The molecule has 0 aliphatic heterocycles. The molecule has 0 aliphatic rings. The fourth-order valence-corrected chi connectivity index (χ4v) is 2.74. The molecule has 0 saturated heterocycles. The number of fused-ring (bicyclic) bond motifs is 1. The van der Waals surface area contributed by atoms with Crippen molar-refractivity contribution in [2.45, 2.75) is 6.54 Å². The van der Waals surface area contributed by atoms with E-state index in [-0.39, 0.29) is 0 Å². The van der Waals surface area contributed by atoms with Crippen LogP contribution < -0.4 is 0 Å². The van der Waals surface area contributed by atoms with Gasteiger partial charge >= 0.3 is 0 Å². The van der Waals surface area contributed by atoms with Gasteiger partial charge in [0, 0.05) is 34.4 Å². The van der Waals surface area contributed by atoms with Crippen LogP contribution in [0.4, 0.5) is 0 Å². The molecule has 5 heteroatoms. The molecule has 0 unspecified atom stereocenters. The fraction of sp³-hybridized carbons (Fsp3) is 0.250. The fourth-order valence-electron chi connectivity index (χ4n) is 2.34. The first kappa shape index (κ1) is 14.2. The van der Waals surface area contributed by atoms with Crippen LogP contribution in [0.25, 0.3) is 22.2 Å². The van der Waals surface area contributed by atoms with Crippen LogP contribution in [0.1, 0.15) is 0 Å². The number of hydrogen-bond acceptors (Lipinski definition) is 3. The average molecular weight is 345 g/mol. The molecule has 108 valence electrons. The Kier molecular flexibility index (Phi) is 4.03. The number of halogens is 1. The summed E-state index contributed by atoms with van der Waals surface area (Å²) in [7, 11) is 4.14. The smallest absolute Gasteiger partial charge is 0.102 e. The lowest BCUT2D eigenvalue weighted by atomic mass is 10.1. The summed E-state index contributed by atoms with van der Waals surface area (Å²) in [6.45, 7) is 1.82. The Morgan fingerprint density at radius 3 is 2.86 bits per heavy atom. The van der Waals surface area contributed by atoms with E-state index in [2.05, 4.69) is 56.7 Å². The maximum absolute atomic E-state index is 4.80. The summed E-state index contributed by atoms with van der Waals surface area (Å²) < 4.78 is 3.12. The molecule has 3 aromatic rings. The van der Waals surface area contributed by atoms with E-state index in [0.29, 0.717) is 0 Å². The second-order valence-corrected chi connectivity index (χ2v) is 6.19. The first-order valence-electron chi connectivity index (χ1n) is 6.86. The second-order valence-electron chi connectivity index (χ2n) is 5.28. The summed E-state index contributed by atoms with van der Waals surface area (Å²) in [5.41, 5.74) is 3.21. The quantitative estimate of drug-likeness (QED) is 0.727. The Morgan fingerprint density at radius 2 is 2.10 bits per heavy atom. The van der Waals surface area contributed by atoms with E-state index in [9.17, 15) is 0 Å². The molecule has 0 atom stereocenters. The van der Waals surface area contributed by atoms with Crippen LogP contribution in [0, 0.1) is 0 Å². The predicted octanol–water partition coefficient (Wildman–Crippen LogP) is 3.42. The standard InChI is InChI=1S/C16H17BrN4/c1-20(2)8-9-21-15-6-7-18-11-14(15)16(19-21)12-4-3-5-13(17)10-12/h3-7,10-11H,8-9H2,1-2H3. The highest BCUT2D eigenvalue weighted by molar-refractivity contribution is 9.10. The largest absolute Gasteiger partial charge is 0.308 e. The minimum Gasteiger partial charge on any atom is -0.308 e. The van der Waals surface area contributed by atoms with Crippen LogP contribution in [0.5, 0.6) is 0 Å². The zero-order chi connectivity index (χ0) is 14.8. The average Bonchev–Trinajstić information content (AvgIpc) is 2.84. The summed E-state index contributed by atoms with van der Waals surface area (Å²) in [5.74, 6) is 0. The Hall–Kier alpha value is -1.72. The lowest BCUT2D eigenvalue weighted by molar-refractivity contribution is 0.377. The third-order valence-electron chi connectivity index (χ3n) is 3.41. The molecule has 2 heterocycles. The van der Waals surface area contributed by atoms with Crippen molar-refractivity contribution in [1.82, 2.24) is 19.7 Å². The van der Waals surface area contributed by atoms with E-state index in [4.69, 9.17) is 5.10 Å². The van der Waals surface area contributed by atoms with Gasteiger partial charge < -0.3 is 4.90 Å². The van der Waals surface area contributed by atoms with E-state index >= 15 is 0 Å². The monoisotopic (exact) mass is 344 g/mol. The normalized spacial score (nSPS) is 11.4. The molecule has 0 aliphatic carbocycles. The third-order valence-corrected chi connectivity index (χ3v) is 3.90. The van der Waals surface area contributed by atoms with Crippen molar-refractivity contribution in [2.24, 2.45) is 0 Å². The molecular weight excluding hydrogens is 328 g/mol. The maximum atomic E-state index is 4.80. The molecule has 0 radical (unpaired) electrons. The van der Waals surface area contributed by atoms with Gasteiger partial charge in [0.1, 0.15) is 5.69 Å². The van der Waals surface area contributed by atoms with E-state index in [1.165, 1.54) is 0 Å². The van der Waals surface area contributed by atoms with E-state index < -0.39 is 0 Å². The summed E-state index contributed by atoms with van der Waals surface area (Å²) in [4.78, 5) is 6.41. The van der Waals surface area contributed by atoms with Crippen LogP contribution in [-0.4, -0.2) is 40.3 Å². The van der Waals surface area contributed by atoms with E-state index in [1.807, 2.05) is 30.6 Å². The summed E-state index contributed by atoms with van der Waals surface area (Å²) in [6, 6.07) is 10.2. The Balaban J connectivity index is 2.10. The van der Waals surface area contributed by atoms with Crippen LogP contribution in [0.3, 0.4) is 0 Å². The number of pyridine rings is 1. The molecule has 0 N–H and O–H groups in total. The topological polar surface area (TPSA) is 34.0 Å². The highest BCUT2D eigenvalue weighted by atomic mass is 79.9. The van der Waals surface area contributed by atoms with E-state index in [1.54, 1.807) is 0 Å². The first-order chi connectivity index (χ1) is 10.1. The van der Waals surface area contributed by atoms with Gasteiger partial charge in [-0.2, -0.15) is 5.10 Å². The van der Waals surface area contributed by atoms with Crippen LogP contribution in [0.2, 0.25) is 0 Å². The lowest BCUT2D eigenvalue weighted by Crippen LogP contribution is -2.18. The number of rotatable bonds is 4. The zero-order valence-electron chi connectivity index (χ0n) is 12.1. The summed E-state index contributed by atoms with van der Waals surface area (Å²) >= 11 is 3.52. The molecular formula is C16H17BrN4. The molecule has 0 amide bonds. The summed E-state index contributed by atoms with van der Waals surface area (Å²) in [6.07, 6.45) is 3.71. The molecule has 3 rings (SSSR count). The van der Waals surface area contributed by atoms with Crippen molar-refractivity contribution in [3.05, 3.63) is 47.2 Å². The summed E-state index contributed by atoms with van der Waals surface area (Å²) in [5, 5.41) is 5.89. The van der Waals surface area contributed by atoms with Crippen LogP contribution >= 0.6 is 15.9 Å². The van der Waals surface area contributed by atoms with Gasteiger partial charge in [0.15, 0.2) is 0 Å². The maximum Gasteiger partial charge on any atom is 0.102 e. The minimum absolute atomic E-state index is 0.863. The predicted molar refractivity (Wildman–Crippen MR) is 89.2 cm³/mol. The van der Waals surface area contributed by atoms with Crippen molar-refractivity contribution in [1.29, 1.82) is 0 Å². The van der Waals surface area contributed by atoms with Crippen molar-refractivity contribution in [3.63, 3.8) is 0 Å². The SMILES string of the molecule is CN(C)CCn1nc(-c2cccc(Br)c2)c2cnccc21. The molecule has 2 aromatic heterocycles. The molecule has 1 aromatic carbocycles. The van der Waals surface area contributed by atoms with Gasteiger partial charge in [0.25, 0.3) is 0 Å². The Bertz CT molecular complexity index is 764. The van der Waals surface area contributed by atoms with Crippen molar-refractivity contribution < 1.29 is 0 Å². The number of benzene rings is 1. The molecule has 0 saturated carbocycles. The van der Waals surface area contributed by atoms with Gasteiger partial charge in [-0.25, -0.2) is 0 Å². The van der Waals surface area contributed by atoms with Gasteiger partial charge in [-0.3, -0.25) is 9.67 Å². The van der Waals surface area contributed by atoms with E-state index in [0.717, 1.165) is 39.7 Å². The van der Waals surface area contributed by atoms with Crippen molar-refractivity contribution in [3.8, 4) is 11.3 Å². The van der Waals surface area contributed by atoms with Gasteiger partial charge in [0.2, 0.25) is 0 Å². The molecule has 21 heavy (non-hydrogen) atoms. The third kappa shape index (κ3) is 2.99. The lowest BCUT2D eigenvalue weighted by Gasteiger charge is -2.09. The number of hydrogen-bond donors (Lipinski definition) is 0. The highest BCUT2D eigenvalue weighted by Crippen LogP contribution is 2.28. The highest BCUT2D eigenvalue weighted by Gasteiger charge is 2.12. The number of likely N-dealkylation sites (N-methyl/N-ethyl adjacent to an activating group) is 1. The van der Waals surface area contributed by atoms with Crippen LogP contribution in [-0.2, 0) is 6.54 Å². The van der Waals surface area contributed by atoms with Gasteiger partial charge in [0.05, 0.1) is 12.1 Å². The van der Waals surface area contributed by atoms with Gasteiger partial charge in [-0.1, -0.05) is 28.1 Å². The Morgan fingerprint density at radius 1 is 1.24 bits per heavy atom. The number of aromatic nitrogens is 3. The number of nitrogens with zero attached hydrogens (tertiary/aromatic N) is 4. The molecule has 0 spiro atoms. The minimum atomic E-state index is 0.863. The molecule has 0 fully saturated rings. The first-order valence-corrected chi connectivity index (χ1v) is 7.65. The van der Waals surface area contributed by atoms with Crippen molar-refractivity contribution >= 4 is 26.8 Å². The molecule has 0 bridgehead atoms. The molecule has 4 nitrogen and oxygen atoms in total.